The van der Waals surface area contributed by atoms with Gasteiger partial charge in [-0.3, -0.25) is 9.59 Å². The maximum Gasteiger partial charge on any atom is 0.225 e. The number of nitrogens with zero attached hydrogens (tertiary/aromatic N) is 1. The van der Waals surface area contributed by atoms with Crippen LogP contribution >= 0.6 is 0 Å². The summed E-state index contributed by atoms with van der Waals surface area (Å²) in [7, 11) is 3.19. The van der Waals surface area contributed by atoms with Crippen molar-refractivity contribution in [3.8, 4) is 11.5 Å². The van der Waals surface area contributed by atoms with Crippen LogP contribution < -0.4 is 20.5 Å². The lowest BCUT2D eigenvalue weighted by atomic mass is 10.1. The molecule has 1 atom stereocenters. The van der Waals surface area contributed by atoms with Gasteiger partial charge in [0.05, 0.1) is 20.1 Å². The first kappa shape index (κ1) is 19.1. The molecule has 0 spiro atoms. The standard InChI is InChI=1S/C18H27N3O4/c1-24-15-5-4-13(10-16(15)25-2)6-9-21-12-14(11-17(21)22)18(23)20-8-3-7-19/h4-5,10,14H,3,6-9,11-12,19H2,1-2H3,(H,20,23). The van der Waals surface area contributed by atoms with Gasteiger partial charge in [-0.1, -0.05) is 6.07 Å². The van der Waals surface area contributed by atoms with Crippen molar-refractivity contribution in [3.05, 3.63) is 23.8 Å². The van der Waals surface area contributed by atoms with E-state index in [4.69, 9.17) is 15.2 Å². The number of nitrogens with two attached hydrogens (primary N) is 1. The second kappa shape index (κ2) is 9.27. The predicted molar refractivity (Wildman–Crippen MR) is 94.6 cm³/mol. The summed E-state index contributed by atoms with van der Waals surface area (Å²) in [5.41, 5.74) is 6.47. The average molecular weight is 349 g/mol. The Morgan fingerprint density at radius 1 is 1.32 bits per heavy atom. The molecule has 1 saturated heterocycles. The van der Waals surface area contributed by atoms with Crippen LogP contribution in [-0.2, 0) is 16.0 Å². The summed E-state index contributed by atoms with van der Waals surface area (Å²) in [6.07, 6.45) is 1.73. The van der Waals surface area contributed by atoms with Crippen LogP contribution in [0.5, 0.6) is 11.5 Å². The highest BCUT2D eigenvalue weighted by atomic mass is 16.5. The van der Waals surface area contributed by atoms with Crippen LogP contribution in [0.3, 0.4) is 0 Å². The van der Waals surface area contributed by atoms with Gasteiger partial charge in [0.25, 0.3) is 0 Å². The molecule has 1 aromatic carbocycles. The largest absolute Gasteiger partial charge is 0.493 e. The molecular formula is C18H27N3O4. The zero-order chi connectivity index (χ0) is 18.2. The zero-order valence-corrected chi connectivity index (χ0v) is 14.9. The van der Waals surface area contributed by atoms with Crippen molar-refractivity contribution in [2.75, 3.05) is 40.4 Å². The lowest BCUT2D eigenvalue weighted by Gasteiger charge is -2.17. The van der Waals surface area contributed by atoms with Crippen molar-refractivity contribution in [1.29, 1.82) is 0 Å². The van der Waals surface area contributed by atoms with Crippen LogP contribution in [0, 0.1) is 5.92 Å². The molecule has 0 bridgehead atoms. The SMILES string of the molecule is COc1ccc(CCN2CC(C(=O)NCCCN)CC2=O)cc1OC. The second-order valence-electron chi connectivity index (χ2n) is 6.11. The van der Waals surface area contributed by atoms with Crippen molar-refractivity contribution in [2.45, 2.75) is 19.3 Å². The Morgan fingerprint density at radius 2 is 2.08 bits per heavy atom. The number of hydrogen-bond acceptors (Lipinski definition) is 5. The normalized spacial score (nSPS) is 16.8. The summed E-state index contributed by atoms with van der Waals surface area (Å²) in [6.45, 7) is 2.16. The first-order valence-corrected chi connectivity index (χ1v) is 8.55. The van der Waals surface area contributed by atoms with Crippen molar-refractivity contribution in [3.63, 3.8) is 0 Å². The molecule has 0 saturated carbocycles. The maximum atomic E-state index is 12.1. The number of amides is 2. The smallest absolute Gasteiger partial charge is 0.225 e. The Morgan fingerprint density at radius 3 is 2.76 bits per heavy atom. The van der Waals surface area contributed by atoms with E-state index in [0.717, 1.165) is 12.0 Å². The number of nitrogens with one attached hydrogen (secondary N) is 1. The van der Waals surface area contributed by atoms with Crippen molar-refractivity contribution >= 4 is 11.8 Å². The molecule has 0 radical (unpaired) electrons. The Bertz CT molecular complexity index is 606. The molecule has 0 aliphatic carbocycles. The van der Waals surface area contributed by atoms with Crippen LogP contribution in [0.2, 0.25) is 0 Å². The van der Waals surface area contributed by atoms with Crippen LogP contribution in [0.25, 0.3) is 0 Å². The highest BCUT2D eigenvalue weighted by Crippen LogP contribution is 2.28. The molecule has 1 aliphatic heterocycles. The zero-order valence-electron chi connectivity index (χ0n) is 14.9. The summed E-state index contributed by atoms with van der Waals surface area (Å²) in [5, 5.41) is 2.84. The topological polar surface area (TPSA) is 93.9 Å². The second-order valence-corrected chi connectivity index (χ2v) is 6.11. The van der Waals surface area contributed by atoms with Gasteiger partial charge in [0.2, 0.25) is 11.8 Å². The lowest BCUT2D eigenvalue weighted by Crippen LogP contribution is -2.34. The first-order valence-electron chi connectivity index (χ1n) is 8.55. The molecule has 1 fully saturated rings. The van der Waals surface area contributed by atoms with Gasteiger partial charge < -0.3 is 25.4 Å². The molecule has 7 heteroatoms. The molecule has 1 aliphatic rings. The van der Waals surface area contributed by atoms with Crippen LogP contribution in [0.4, 0.5) is 0 Å². The Labute approximate surface area is 148 Å². The summed E-state index contributed by atoms with van der Waals surface area (Å²) < 4.78 is 10.5. The molecule has 3 N–H and O–H groups in total. The number of hydrogen-bond donors (Lipinski definition) is 2. The van der Waals surface area contributed by atoms with E-state index >= 15 is 0 Å². The molecule has 25 heavy (non-hydrogen) atoms. The third-order valence-corrected chi connectivity index (χ3v) is 4.38. The van der Waals surface area contributed by atoms with Gasteiger partial charge in [0.15, 0.2) is 11.5 Å². The highest BCUT2D eigenvalue weighted by Gasteiger charge is 2.33. The Balaban J connectivity index is 1.87. The molecule has 7 nitrogen and oxygen atoms in total. The Kier molecular flexibility index (Phi) is 7.06. The van der Waals surface area contributed by atoms with Gasteiger partial charge in [-0.05, 0) is 37.1 Å². The van der Waals surface area contributed by atoms with E-state index in [2.05, 4.69) is 5.32 Å². The van der Waals surface area contributed by atoms with E-state index in [1.165, 1.54) is 0 Å². The first-order chi connectivity index (χ1) is 12.1. The van der Waals surface area contributed by atoms with E-state index in [9.17, 15) is 9.59 Å². The minimum absolute atomic E-state index is 0.0273. The van der Waals surface area contributed by atoms with E-state index in [0.29, 0.717) is 44.1 Å². The van der Waals surface area contributed by atoms with Gasteiger partial charge in [0.1, 0.15) is 0 Å². The molecule has 1 heterocycles. The highest BCUT2D eigenvalue weighted by molar-refractivity contribution is 5.89. The third-order valence-electron chi connectivity index (χ3n) is 4.38. The minimum Gasteiger partial charge on any atom is -0.493 e. The lowest BCUT2D eigenvalue weighted by molar-refractivity contribution is -0.129. The number of carbonyl (C=O) groups excluding carboxylic acids is 2. The molecule has 2 amide bonds. The number of likely N-dealkylation sites (tertiary alicyclic amines) is 1. The summed E-state index contributed by atoms with van der Waals surface area (Å²) >= 11 is 0. The molecule has 1 aromatic rings. The van der Waals surface area contributed by atoms with E-state index in [1.807, 2.05) is 18.2 Å². The maximum absolute atomic E-state index is 12.1. The number of carbonyl (C=O) groups is 2. The predicted octanol–water partition coefficient (Wildman–Crippen LogP) is 0.560. The molecule has 0 aromatic heterocycles. The number of rotatable bonds is 9. The fraction of sp³-hybridized carbons (Fsp3) is 0.556. The third kappa shape index (κ3) is 5.09. The quantitative estimate of drug-likeness (QED) is 0.636. The summed E-state index contributed by atoms with van der Waals surface area (Å²) in [6, 6.07) is 5.73. The van der Waals surface area contributed by atoms with Gasteiger partial charge in [0, 0.05) is 26.1 Å². The van der Waals surface area contributed by atoms with Gasteiger partial charge >= 0.3 is 0 Å². The Hall–Kier alpha value is -2.28. The van der Waals surface area contributed by atoms with Crippen molar-refractivity contribution in [1.82, 2.24) is 10.2 Å². The van der Waals surface area contributed by atoms with Crippen LogP contribution in [-0.4, -0.2) is 57.1 Å². The molecule has 138 valence electrons. The summed E-state index contributed by atoms with van der Waals surface area (Å²) in [4.78, 5) is 26.0. The average Bonchev–Trinajstić information content (AvgIpc) is 3.00. The minimum atomic E-state index is -0.268. The fourth-order valence-electron chi connectivity index (χ4n) is 2.92. The van der Waals surface area contributed by atoms with Crippen molar-refractivity contribution < 1.29 is 19.1 Å². The van der Waals surface area contributed by atoms with Gasteiger partial charge in [-0.2, -0.15) is 0 Å². The summed E-state index contributed by atoms with van der Waals surface area (Å²) in [5.74, 6) is 1.05. The monoisotopic (exact) mass is 349 g/mol. The van der Waals surface area contributed by atoms with Gasteiger partial charge in [-0.15, -0.1) is 0 Å². The van der Waals surface area contributed by atoms with E-state index < -0.39 is 0 Å². The van der Waals surface area contributed by atoms with Crippen molar-refractivity contribution in [2.24, 2.45) is 11.7 Å². The molecule has 2 rings (SSSR count). The van der Waals surface area contributed by atoms with Crippen LogP contribution in [0.1, 0.15) is 18.4 Å². The van der Waals surface area contributed by atoms with E-state index in [1.54, 1.807) is 19.1 Å². The van der Waals surface area contributed by atoms with Gasteiger partial charge in [-0.25, -0.2) is 0 Å². The fourth-order valence-corrected chi connectivity index (χ4v) is 2.92. The number of benzene rings is 1. The number of methoxy groups -OCH3 is 2. The van der Waals surface area contributed by atoms with Crippen LogP contribution in [0.15, 0.2) is 18.2 Å². The molecular weight excluding hydrogens is 322 g/mol. The molecule has 1 unspecified atom stereocenters. The number of ether oxygens (including phenoxy) is 2. The van der Waals surface area contributed by atoms with E-state index in [-0.39, 0.29) is 24.2 Å².